The molecule has 2 unspecified atom stereocenters. The molecule has 0 saturated carbocycles. The van der Waals surface area contributed by atoms with Crippen molar-refractivity contribution in [1.29, 1.82) is 0 Å². The molecule has 1 N–H and O–H groups in total. The highest BCUT2D eigenvalue weighted by atomic mass is 32.2. The van der Waals surface area contributed by atoms with Gasteiger partial charge in [0, 0.05) is 45.1 Å². The molecule has 3 aliphatic heterocycles. The van der Waals surface area contributed by atoms with E-state index in [-0.39, 0.29) is 35.5 Å². The van der Waals surface area contributed by atoms with Crippen molar-refractivity contribution in [3.8, 4) is 0 Å². The van der Waals surface area contributed by atoms with Gasteiger partial charge in [0.05, 0.1) is 16.6 Å². The van der Waals surface area contributed by atoms with E-state index in [1.807, 2.05) is 9.80 Å². The minimum absolute atomic E-state index is 0.00486. The minimum atomic E-state index is -0.537. The number of nitrogens with zero attached hydrogens (tertiary/aromatic N) is 3. The Morgan fingerprint density at radius 2 is 1.86 bits per heavy atom. The Morgan fingerprint density at radius 3 is 2.51 bits per heavy atom. The number of unbranched alkanes of at least 4 members (excludes halogenated alkanes) is 4. The van der Waals surface area contributed by atoms with Gasteiger partial charge in [0.25, 0.3) is 0 Å². The predicted molar refractivity (Wildman–Crippen MR) is 141 cm³/mol. The highest BCUT2D eigenvalue weighted by molar-refractivity contribution is 8.02. The quantitative estimate of drug-likeness (QED) is 0.273. The lowest BCUT2D eigenvalue weighted by molar-refractivity contribution is -0.144. The van der Waals surface area contributed by atoms with Crippen molar-refractivity contribution in [2.75, 3.05) is 39.8 Å². The fraction of sp³-hybridized carbons (Fsp3) is 0.741. The molecule has 196 valence electrons. The highest BCUT2D eigenvalue weighted by Gasteiger charge is 2.73. The first-order valence-corrected chi connectivity index (χ1v) is 14.1. The standard InChI is InChI=1S/C27H43N3O4S/c1-5-8-17-29(16-7-3)26(34)23-27-14-13-20(35-27)21(24(32)28(4)15-6-2)22(27)25(33)30(23)18-11-9-10-12-19-31/h6-7,20-23,31H,2-3,5,8-19H2,1,4H3/t20-,21+,22-,23?,27?/m0/s1. The Balaban J connectivity index is 1.93. The number of hydrogen-bond donors (Lipinski definition) is 1. The SMILES string of the molecule is C=CCN(C)C(=O)[C@@H]1[C@@H]2CCC3(S2)C(C(=O)N(CC=C)CCCC)N(CCCCCCO)C(=O)[C@H]13. The van der Waals surface area contributed by atoms with Gasteiger partial charge in [0.15, 0.2) is 0 Å². The summed E-state index contributed by atoms with van der Waals surface area (Å²) in [5.74, 6) is -0.865. The van der Waals surface area contributed by atoms with E-state index >= 15 is 0 Å². The topological polar surface area (TPSA) is 81.2 Å². The van der Waals surface area contributed by atoms with Gasteiger partial charge in [-0.15, -0.1) is 24.9 Å². The van der Waals surface area contributed by atoms with Crippen LogP contribution in [0, 0.1) is 11.8 Å². The van der Waals surface area contributed by atoms with Gasteiger partial charge in [0.1, 0.15) is 6.04 Å². The zero-order valence-electron chi connectivity index (χ0n) is 21.5. The number of amides is 3. The van der Waals surface area contributed by atoms with Crippen LogP contribution >= 0.6 is 11.8 Å². The summed E-state index contributed by atoms with van der Waals surface area (Å²) in [6.07, 6.45) is 10.3. The normalized spacial score (nSPS) is 28.8. The molecule has 1 spiro atoms. The molecule has 0 aliphatic carbocycles. The van der Waals surface area contributed by atoms with Crippen LogP contribution < -0.4 is 0 Å². The Kier molecular flexibility index (Phi) is 9.87. The molecule has 5 atom stereocenters. The van der Waals surface area contributed by atoms with Gasteiger partial charge in [-0.25, -0.2) is 0 Å². The number of aliphatic hydroxyl groups is 1. The third-order valence-corrected chi connectivity index (χ3v) is 9.80. The van der Waals surface area contributed by atoms with Crippen LogP contribution in [0.4, 0.5) is 0 Å². The van der Waals surface area contributed by atoms with E-state index < -0.39 is 16.7 Å². The van der Waals surface area contributed by atoms with Crippen LogP contribution in [0.2, 0.25) is 0 Å². The van der Waals surface area contributed by atoms with Crippen LogP contribution in [0.15, 0.2) is 25.3 Å². The monoisotopic (exact) mass is 505 g/mol. The fourth-order valence-corrected chi connectivity index (χ4v) is 8.42. The van der Waals surface area contributed by atoms with Gasteiger partial charge in [-0.3, -0.25) is 14.4 Å². The van der Waals surface area contributed by atoms with Crippen LogP contribution in [0.25, 0.3) is 0 Å². The number of rotatable bonds is 15. The summed E-state index contributed by atoms with van der Waals surface area (Å²) in [4.78, 5) is 46.9. The molecule has 7 nitrogen and oxygen atoms in total. The molecule has 35 heavy (non-hydrogen) atoms. The van der Waals surface area contributed by atoms with E-state index in [1.165, 1.54) is 0 Å². The number of carbonyl (C=O) groups is 3. The zero-order valence-corrected chi connectivity index (χ0v) is 22.3. The zero-order chi connectivity index (χ0) is 25.6. The molecule has 3 fully saturated rings. The van der Waals surface area contributed by atoms with Gasteiger partial charge < -0.3 is 19.8 Å². The van der Waals surface area contributed by atoms with E-state index in [0.29, 0.717) is 26.2 Å². The Morgan fingerprint density at radius 1 is 1.14 bits per heavy atom. The first-order valence-electron chi connectivity index (χ1n) is 13.2. The first kappa shape index (κ1) is 27.8. The number of aliphatic hydroxyl groups excluding tert-OH is 1. The van der Waals surface area contributed by atoms with Gasteiger partial charge in [-0.2, -0.15) is 0 Å². The summed E-state index contributed by atoms with van der Waals surface area (Å²) in [7, 11) is 1.77. The third kappa shape index (κ3) is 5.33. The maximum absolute atomic E-state index is 14.1. The Labute approximate surface area is 215 Å². The molecular formula is C27H43N3O4S. The van der Waals surface area contributed by atoms with Gasteiger partial charge >= 0.3 is 0 Å². The minimum Gasteiger partial charge on any atom is -0.396 e. The van der Waals surface area contributed by atoms with Crippen LogP contribution in [0.1, 0.15) is 58.3 Å². The smallest absolute Gasteiger partial charge is 0.247 e. The second kappa shape index (κ2) is 12.4. The molecule has 0 aromatic heterocycles. The molecule has 0 aromatic rings. The summed E-state index contributed by atoms with van der Waals surface area (Å²) < 4.78 is -0.537. The summed E-state index contributed by atoms with van der Waals surface area (Å²) in [6, 6.07) is -0.535. The first-order chi connectivity index (χ1) is 16.9. The summed E-state index contributed by atoms with van der Waals surface area (Å²) in [5.41, 5.74) is 0. The predicted octanol–water partition coefficient (Wildman–Crippen LogP) is 3.09. The molecule has 3 amide bonds. The summed E-state index contributed by atoms with van der Waals surface area (Å²) in [6.45, 7) is 12.0. The van der Waals surface area contributed by atoms with Crippen molar-refractivity contribution in [3.05, 3.63) is 25.3 Å². The molecule has 2 bridgehead atoms. The van der Waals surface area contributed by atoms with Crippen molar-refractivity contribution in [1.82, 2.24) is 14.7 Å². The van der Waals surface area contributed by atoms with Crippen molar-refractivity contribution >= 4 is 29.5 Å². The van der Waals surface area contributed by atoms with Crippen LogP contribution in [0.5, 0.6) is 0 Å². The largest absolute Gasteiger partial charge is 0.396 e. The molecule has 3 saturated heterocycles. The van der Waals surface area contributed by atoms with Crippen LogP contribution in [0.3, 0.4) is 0 Å². The number of fused-ring (bicyclic) bond motifs is 1. The second-order valence-corrected chi connectivity index (χ2v) is 11.8. The Hall–Kier alpha value is -1.80. The maximum Gasteiger partial charge on any atom is 0.247 e. The third-order valence-electron chi connectivity index (χ3n) is 7.85. The lowest BCUT2D eigenvalue weighted by Crippen LogP contribution is -2.55. The van der Waals surface area contributed by atoms with Crippen molar-refractivity contribution in [2.24, 2.45) is 11.8 Å². The van der Waals surface area contributed by atoms with E-state index in [1.54, 1.807) is 35.9 Å². The number of carbonyl (C=O) groups excluding carboxylic acids is 3. The molecule has 3 heterocycles. The van der Waals surface area contributed by atoms with Gasteiger partial charge in [-0.05, 0) is 32.1 Å². The van der Waals surface area contributed by atoms with E-state index in [2.05, 4.69) is 20.1 Å². The second-order valence-electron chi connectivity index (χ2n) is 10.2. The molecular weight excluding hydrogens is 462 g/mol. The average molecular weight is 506 g/mol. The van der Waals surface area contributed by atoms with Crippen molar-refractivity contribution in [2.45, 2.75) is 74.3 Å². The molecule has 3 aliphatic rings. The maximum atomic E-state index is 14.1. The lowest BCUT2D eigenvalue weighted by atomic mass is 9.70. The number of thioether (sulfide) groups is 1. The van der Waals surface area contributed by atoms with E-state index in [9.17, 15) is 14.4 Å². The fourth-order valence-electron chi connectivity index (χ4n) is 6.21. The highest BCUT2D eigenvalue weighted by Crippen LogP contribution is 2.66. The van der Waals surface area contributed by atoms with Gasteiger partial charge in [0.2, 0.25) is 17.7 Å². The van der Waals surface area contributed by atoms with Crippen LogP contribution in [-0.4, -0.2) is 93.4 Å². The molecule has 0 aromatic carbocycles. The van der Waals surface area contributed by atoms with Crippen molar-refractivity contribution in [3.63, 3.8) is 0 Å². The van der Waals surface area contributed by atoms with E-state index in [0.717, 1.165) is 51.4 Å². The number of likely N-dealkylation sites (N-methyl/N-ethyl adjacent to an activating group) is 1. The Bertz CT molecular complexity index is 805. The molecule has 3 rings (SSSR count). The van der Waals surface area contributed by atoms with Gasteiger partial charge in [-0.1, -0.05) is 38.3 Å². The number of likely N-dealkylation sites (tertiary alicyclic amines) is 1. The van der Waals surface area contributed by atoms with Crippen molar-refractivity contribution < 1.29 is 19.5 Å². The molecule has 8 heteroatoms. The van der Waals surface area contributed by atoms with Crippen LogP contribution in [-0.2, 0) is 14.4 Å². The summed E-state index contributed by atoms with van der Waals surface area (Å²) in [5, 5.41) is 9.17. The van der Waals surface area contributed by atoms with E-state index in [4.69, 9.17) is 5.11 Å². The molecule has 0 radical (unpaired) electrons. The average Bonchev–Trinajstić information content (AvgIpc) is 3.48. The lowest BCUT2D eigenvalue weighted by Gasteiger charge is -2.37. The summed E-state index contributed by atoms with van der Waals surface area (Å²) >= 11 is 1.73. The number of hydrogen-bond acceptors (Lipinski definition) is 5.